The van der Waals surface area contributed by atoms with Crippen molar-refractivity contribution in [3.8, 4) is 22.8 Å². The minimum atomic E-state index is -4.78. The van der Waals surface area contributed by atoms with E-state index < -0.39 is 12.4 Å². The van der Waals surface area contributed by atoms with Crippen LogP contribution in [-0.2, 0) is 11.2 Å². The number of aryl methyl sites for hydroxylation is 1. The molecular formula is C32H32F3N7O3S. The molecule has 0 aliphatic carbocycles. The molecule has 0 saturated carbocycles. The van der Waals surface area contributed by atoms with Crippen molar-refractivity contribution in [2.24, 2.45) is 4.99 Å². The number of hydrogen-bond acceptors (Lipinski definition) is 7. The average Bonchev–Trinajstić information content (AvgIpc) is 3.64. The molecule has 0 bridgehead atoms. The number of urea groups is 1. The lowest BCUT2D eigenvalue weighted by molar-refractivity contribution is -0.274. The molecule has 240 valence electrons. The minimum Gasteiger partial charge on any atom is -0.406 e. The van der Waals surface area contributed by atoms with Crippen molar-refractivity contribution in [2.45, 2.75) is 46.4 Å². The fourth-order valence-electron chi connectivity index (χ4n) is 4.92. The molecule has 1 saturated heterocycles. The number of carbonyl (C=O) groups is 2. The van der Waals surface area contributed by atoms with Gasteiger partial charge >= 0.3 is 12.4 Å². The number of aromatic nitrogens is 3. The van der Waals surface area contributed by atoms with Gasteiger partial charge in [-0.15, -0.1) is 18.3 Å². The van der Waals surface area contributed by atoms with Gasteiger partial charge in [0, 0.05) is 23.5 Å². The molecule has 3 aromatic carbocycles. The lowest BCUT2D eigenvalue weighted by Crippen LogP contribution is -2.31. The first-order chi connectivity index (χ1) is 22.0. The van der Waals surface area contributed by atoms with Crippen LogP contribution in [0, 0.1) is 0 Å². The van der Waals surface area contributed by atoms with Gasteiger partial charge in [0.2, 0.25) is 5.91 Å². The standard InChI is InChI=1S/C32H32F3N7O3S/c1-5-20-15-21(29-37-18-41(40-29)23-9-11-24(12-10-23)45-32(33,34)35)7-14-26(20)38-30(44)39-31-42(28(43)17-46-31)27-16-22(36-6-2)8-13-25(27)19(3)4/h7-16,18-19,36H,5-6,17H2,1-4H3,(H,38,44)/b39-31-. The molecule has 4 aromatic rings. The lowest BCUT2D eigenvalue weighted by atomic mass is 10.00. The maximum atomic E-state index is 13.2. The molecule has 0 atom stereocenters. The second kappa shape index (κ2) is 13.6. The van der Waals surface area contributed by atoms with Crippen LogP contribution >= 0.6 is 11.8 Å². The third-order valence-electron chi connectivity index (χ3n) is 7.05. The third-order valence-corrected chi connectivity index (χ3v) is 7.97. The van der Waals surface area contributed by atoms with E-state index >= 15 is 0 Å². The summed E-state index contributed by atoms with van der Waals surface area (Å²) < 4.78 is 42.8. The van der Waals surface area contributed by atoms with Gasteiger partial charge in [0.05, 0.1) is 17.1 Å². The second-order valence-electron chi connectivity index (χ2n) is 10.6. The zero-order valence-corrected chi connectivity index (χ0v) is 26.4. The van der Waals surface area contributed by atoms with Gasteiger partial charge < -0.3 is 15.4 Å². The fraction of sp³-hybridized carbons (Fsp3) is 0.281. The van der Waals surface area contributed by atoms with Gasteiger partial charge in [-0.2, -0.15) is 4.99 Å². The van der Waals surface area contributed by atoms with Crippen molar-refractivity contribution in [2.75, 3.05) is 27.8 Å². The van der Waals surface area contributed by atoms with Gasteiger partial charge in [-0.05, 0) is 85.0 Å². The molecule has 0 spiro atoms. The number of amidine groups is 1. The Morgan fingerprint density at radius 1 is 1.09 bits per heavy atom. The molecule has 0 unspecified atom stereocenters. The van der Waals surface area contributed by atoms with E-state index in [1.165, 1.54) is 51.9 Å². The molecule has 14 heteroatoms. The molecule has 1 aliphatic heterocycles. The van der Waals surface area contributed by atoms with Gasteiger partial charge in [-0.3, -0.25) is 9.69 Å². The largest absolute Gasteiger partial charge is 0.573 e. The maximum Gasteiger partial charge on any atom is 0.573 e. The molecule has 5 rings (SSSR count). The molecule has 1 aliphatic rings. The Morgan fingerprint density at radius 2 is 1.85 bits per heavy atom. The molecule has 3 amide bonds. The average molecular weight is 652 g/mol. The predicted octanol–water partition coefficient (Wildman–Crippen LogP) is 7.62. The maximum absolute atomic E-state index is 13.2. The van der Waals surface area contributed by atoms with Crippen molar-refractivity contribution in [3.63, 3.8) is 0 Å². The molecule has 2 heterocycles. The first-order valence-electron chi connectivity index (χ1n) is 14.6. The number of anilines is 3. The van der Waals surface area contributed by atoms with Gasteiger partial charge in [0.1, 0.15) is 12.1 Å². The van der Waals surface area contributed by atoms with E-state index in [0.29, 0.717) is 40.0 Å². The number of rotatable bonds is 9. The highest BCUT2D eigenvalue weighted by molar-refractivity contribution is 8.15. The van der Waals surface area contributed by atoms with Crippen LogP contribution in [0.25, 0.3) is 17.1 Å². The SMILES string of the molecule is CCNc1ccc(C(C)C)c(N2C(=O)CS/C2=N\C(=O)Nc2ccc(-c3ncn(-c4ccc(OC(F)(F)F)cc4)n3)cc2CC)c1. The summed E-state index contributed by atoms with van der Waals surface area (Å²) in [4.78, 5) is 36.3. The van der Waals surface area contributed by atoms with Gasteiger partial charge in [0.25, 0.3) is 0 Å². The number of thioether (sulfide) groups is 1. The Balaban J connectivity index is 1.34. The van der Waals surface area contributed by atoms with Crippen molar-refractivity contribution >= 4 is 45.9 Å². The van der Waals surface area contributed by atoms with Gasteiger partial charge in [-0.1, -0.05) is 38.6 Å². The summed E-state index contributed by atoms with van der Waals surface area (Å²) in [6.07, 6.45) is -2.74. The van der Waals surface area contributed by atoms with Crippen LogP contribution < -0.4 is 20.3 Å². The van der Waals surface area contributed by atoms with Crippen LogP contribution in [0.3, 0.4) is 0 Å². The van der Waals surface area contributed by atoms with Crippen molar-refractivity contribution in [3.05, 3.63) is 78.1 Å². The summed E-state index contributed by atoms with van der Waals surface area (Å²) in [5.41, 5.74) is 5.08. The summed E-state index contributed by atoms with van der Waals surface area (Å²) in [7, 11) is 0. The monoisotopic (exact) mass is 651 g/mol. The van der Waals surface area contributed by atoms with Crippen LogP contribution in [0.5, 0.6) is 5.75 Å². The zero-order valence-electron chi connectivity index (χ0n) is 25.6. The van der Waals surface area contributed by atoms with Crippen molar-refractivity contribution < 1.29 is 27.5 Å². The van der Waals surface area contributed by atoms with E-state index in [9.17, 15) is 22.8 Å². The topological polar surface area (TPSA) is 114 Å². The van der Waals surface area contributed by atoms with E-state index in [1.807, 2.05) is 52.0 Å². The molecule has 1 fully saturated rings. The van der Waals surface area contributed by atoms with Gasteiger partial charge in [0.15, 0.2) is 11.0 Å². The molecule has 1 aromatic heterocycles. The van der Waals surface area contributed by atoms with Gasteiger partial charge in [-0.25, -0.2) is 14.5 Å². The molecule has 0 radical (unpaired) electrons. The van der Waals surface area contributed by atoms with Crippen LogP contribution in [0.1, 0.15) is 44.7 Å². The Labute approximate surface area is 268 Å². The normalized spacial score (nSPS) is 14.3. The van der Waals surface area contributed by atoms with Crippen LogP contribution in [0.2, 0.25) is 0 Å². The van der Waals surface area contributed by atoms with Crippen LogP contribution in [0.4, 0.5) is 35.0 Å². The number of halogens is 3. The number of hydrogen-bond donors (Lipinski definition) is 2. The zero-order chi connectivity index (χ0) is 33.0. The molecule has 46 heavy (non-hydrogen) atoms. The number of nitrogens with one attached hydrogen (secondary N) is 2. The minimum absolute atomic E-state index is 0.143. The van der Waals surface area contributed by atoms with E-state index in [4.69, 9.17) is 0 Å². The van der Waals surface area contributed by atoms with E-state index in [2.05, 4.69) is 30.4 Å². The fourth-order valence-corrected chi connectivity index (χ4v) is 5.78. The Morgan fingerprint density at radius 3 is 2.52 bits per heavy atom. The second-order valence-corrected chi connectivity index (χ2v) is 11.5. The number of aliphatic imine (C=N–C) groups is 1. The molecule has 10 nitrogen and oxygen atoms in total. The van der Waals surface area contributed by atoms with E-state index in [1.54, 1.807) is 12.1 Å². The summed E-state index contributed by atoms with van der Waals surface area (Å²) in [5.74, 6) is 0.222. The van der Waals surface area contributed by atoms with E-state index in [0.717, 1.165) is 23.4 Å². The predicted molar refractivity (Wildman–Crippen MR) is 174 cm³/mol. The highest BCUT2D eigenvalue weighted by Gasteiger charge is 2.33. The number of nitrogens with zero attached hydrogens (tertiary/aromatic N) is 5. The first kappa shape index (κ1) is 32.5. The third kappa shape index (κ3) is 7.50. The first-order valence-corrected chi connectivity index (χ1v) is 15.6. The number of alkyl halides is 3. The summed E-state index contributed by atoms with van der Waals surface area (Å²) in [6, 6.07) is 15.9. The quantitative estimate of drug-likeness (QED) is 0.191. The number of benzene rings is 3. The number of carbonyl (C=O) groups excluding carboxylic acids is 2. The van der Waals surface area contributed by atoms with Crippen molar-refractivity contribution in [1.29, 1.82) is 0 Å². The lowest BCUT2D eigenvalue weighted by Gasteiger charge is -2.23. The number of amides is 3. The van der Waals surface area contributed by atoms with Crippen LogP contribution in [-0.4, -0.2) is 50.5 Å². The Kier molecular flexibility index (Phi) is 9.65. The Hall–Kier alpha value is -4.85. The summed E-state index contributed by atoms with van der Waals surface area (Å²) >= 11 is 1.21. The summed E-state index contributed by atoms with van der Waals surface area (Å²) in [6.45, 7) is 8.75. The molecule has 2 N–H and O–H groups in total. The van der Waals surface area contributed by atoms with E-state index in [-0.39, 0.29) is 23.3 Å². The smallest absolute Gasteiger partial charge is 0.406 e. The van der Waals surface area contributed by atoms with Crippen molar-refractivity contribution in [1.82, 2.24) is 14.8 Å². The van der Waals surface area contributed by atoms with Crippen LogP contribution in [0.15, 0.2) is 72.0 Å². The number of ether oxygens (including phenoxy) is 1. The molecular weight excluding hydrogens is 619 g/mol. The summed E-state index contributed by atoms with van der Waals surface area (Å²) in [5, 5.41) is 10.9. The Bertz CT molecular complexity index is 1770. The highest BCUT2D eigenvalue weighted by atomic mass is 32.2. The highest BCUT2D eigenvalue weighted by Crippen LogP contribution is 2.36.